The van der Waals surface area contributed by atoms with E-state index in [2.05, 4.69) is 278 Å². The Labute approximate surface area is 397 Å². The average molecular weight is 888 g/mol. The second kappa shape index (κ2) is 17.4. The van der Waals surface area contributed by atoms with E-state index in [1.54, 1.807) is 0 Å². The predicted octanol–water partition coefficient (Wildman–Crippen LogP) is 15.1. The molecule has 1 nitrogen and oxygen atoms in total. The number of hydrogen-bond donors (Lipinski definition) is 0. The van der Waals surface area contributed by atoms with Gasteiger partial charge in [0.15, 0.2) is 8.07 Å². The lowest BCUT2D eigenvalue weighted by Gasteiger charge is -2.34. The summed E-state index contributed by atoms with van der Waals surface area (Å²) in [5.74, 6) is 0. The molecular formula is C64H45NSSi. The molecule has 1 heterocycles. The third kappa shape index (κ3) is 7.35. The Morgan fingerprint density at radius 3 is 1.34 bits per heavy atom. The van der Waals surface area contributed by atoms with Crippen LogP contribution in [0.1, 0.15) is 0 Å². The maximum atomic E-state index is 2.46. The summed E-state index contributed by atoms with van der Waals surface area (Å²) >= 11 is 1.86. The third-order valence-corrected chi connectivity index (χ3v) is 19.3. The van der Waals surface area contributed by atoms with Gasteiger partial charge < -0.3 is 4.90 Å². The van der Waals surface area contributed by atoms with Crippen LogP contribution < -0.4 is 25.6 Å². The van der Waals surface area contributed by atoms with Crippen LogP contribution in [0.25, 0.3) is 64.3 Å². The smallest absolute Gasteiger partial charge is 0.179 e. The summed E-state index contributed by atoms with van der Waals surface area (Å²) in [6, 6.07) is 101. The lowest BCUT2D eigenvalue weighted by atomic mass is 9.98. The molecule has 0 amide bonds. The Balaban J connectivity index is 0.979. The Bertz CT molecular complexity index is 3560. The summed E-state index contributed by atoms with van der Waals surface area (Å²) < 4.78 is 2.58. The number of benzene rings is 11. The third-order valence-electron chi connectivity index (χ3n) is 13.4. The van der Waals surface area contributed by atoms with Crippen molar-refractivity contribution in [2.24, 2.45) is 0 Å². The maximum absolute atomic E-state index is 2.69. The first-order valence-corrected chi connectivity index (χ1v) is 25.8. The van der Waals surface area contributed by atoms with E-state index in [-0.39, 0.29) is 0 Å². The van der Waals surface area contributed by atoms with Crippen molar-refractivity contribution in [3.8, 4) is 33.4 Å². The van der Waals surface area contributed by atoms with Crippen LogP contribution in [0.15, 0.2) is 273 Å². The van der Waals surface area contributed by atoms with Crippen LogP contribution in [0, 0.1) is 0 Å². The zero-order valence-corrected chi connectivity index (χ0v) is 38.7. The van der Waals surface area contributed by atoms with Gasteiger partial charge in [-0.15, -0.1) is 11.3 Å². The Kier molecular flexibility index (Phi) is 10.5. The zero-order valence-electron chi connectivity index (χ0n) is 36.8. The molecule has 0 N–H and O–H groups in total. The van der Waals surface area contributed by atoms with E-state index in [4.69, 9.17) is 0 Å². The molecule has 0 aliphatic carbocycles. The van der Waals surface area contributed by atoms with Crippen LogP contribution in [0.4, 0.5) is 17.1 Å². The van der Waals surface area contributed by atoms with Gasteiger partial charge in [-0.3, -0.25) is 0 Å². The molecule has 316 valence electrons. The van der Waals surface area contributed by atoms with Crippen LogP contribution in [-0.2, 0) is 0 Å². The first-order valence-electron chi connectivity index (χ1n) is 23.0. The summed E-state index contributed by atoms with van der Waals surface area (Å²) in [6.45, 7) is 0. The molecule has 0 fully saturated rings. The molecule has 11 aromatic carbocycles. The van der Waals surface area contributed by atoms with Crippen molar-refractivity contribution >= 4 is 88.2 Å². The Morgan fingerprint density at radius 2 is 0.701 bits per heavy atom. The first-order chi connectivity index (χ1) is 33.2. The summed E-state index contributed by atoms with van der Waals surface area (Å²) in [5.41, 5.74) is 10.6. The fraction of sp³-hybridized carbons (Fsp3) is 0. The number of fused-ring (bicyclic) bond motifs is 4. The van der Waals surface area contributed by atoms with Gasteiger partial charge in [-0.1, -0.05) is 218 Å². The van der Waals surface area contributed by atoms with Gasteiger partial charge in [0.05, 0.1) is 0 Å². The highest BCUT2D eigenvalue weighted by Gasteiger charge is 2.41. The number of hydrogen-bond acceptors (Lipinski definition) is 2. The molecule has 67 heavy (non-hydrogen) atoms. The predicted molar refractivity (Wildman–Crippen MR) is 291 cm³/mol. The van der Waals surface area contributed by atoms with Crippen molar-refractivity contribution in [1.82, 2.24) is 0 Å². The molecule has 0 spiro atoms. The largest absolute Gasteiger partial charge is 0.310 e. The van der Waals surface area contributed by atoms with E-state index >= 15 is 0 Å². The molecule has 3 heteroatoms. The van der Waals surface area contributed by atoms with Crippen LogP contribution in [0.2, 0.25) is 0 Å². The summed E-state index contributed by atoms with van der Waals surface area (Å²) in [6.07, 6.45) is 0. The SMILES string of the molecule is c1ccc(-c2ccc3sc4ccc(N(c5ccc(-c6cccc([Si](c7ccccc7)(c7ccccc7)c7ccccc7)c6)cc5)c5ccc(-c6cccc7ccccc67)cc5)cc4c3c2)cc1. The van der Waals surface area contributed by atoms with Gasteiger partial charge in [0.2, 0.25) is 0 Å². The van der Waals surface area contributed by atoms with Crippen molar-refractivity contribution in [2.75, 3.05) is 4.90 Å². The molecule has 0 saturated heterocycles. The highest BCUT2D eigenvalue weighted by Crippen LogP contribution is 2.43. The van der Waals surface area contributed by atoms with Crippen LogP contribution in [0.3, 0.4) is 0 Å². The molecule has 12 rings (SSSR count). The van der Waals surface area contributed by atoms with Crippen molar-refractivity contribution in [2.45, 2.75) is 0 Å². The van der Waals surface area contributed by atoms with Gasteiger partial charge >= 0.3 is 0 Å². The standard InChI is InChI=1S/C64H45NSSi/c1-5-17-46(18-6-1)51-35-41-63-61(44-51)62-45-54(40-42-64(62)66-63)65(53-38-33-49(34-39-53)60-30-16-20-48-19-13-14-29-59(48)60)52-36-31-47(32-37-52)50-21-15-28-58(43-50)67(55-22-7-2-8-23-55,56-24-9-3-10-25-56)57-26-11-4-12-27-57/h1-45H. The fourth-order valence-electron chi connectivity index (χ4n) is 10.2. The number of nitrogens with zero attached hydrogens (tertiary/aromatic N) is 1. The normalized spacial score (nSPS) is 11.6. The van der Waals surface area contributed by atoms with Crippen LogP contribution >= 0.6 is 11.3 Å². The highest BCUT2D eigenvalue weighted by molar-refractivity contribution is 7.25. The molecule has 0 bridgehead atoms. The molecule has 0 saturated carbocycles. The minimum atomic E-state index is -2.69. The van der Waals surface area contributed by atoms with Crippen molar-refractivity contribution in [3.63, 3.8) is 0 Å². The first kappa shape index (κ1) is 40.4. The molecule has 0 unspecified atom stereocenters. The number of thiophene rings is 1. The minimum Gasteiger partial charge on any atom is -0.310 e. The van der Waals surface area contributed by atoms with Gasteiger partial charge in [-0.25, -0.2) is 0 Å². The summed E-state index contributed by atoms with van der Waals surface area (Å²) in [7, 11) is -2.69. The summed E-state index contributed by atoms with van der Waals surface area (Å²) in [5, 5.41) is 10.5. The quantitative estimate of drug-likeness (QED) is 0.0977. The molecule has 1 aromatic heterocycles. The van der Waals surface area contributed by atoms with E-state index in [0.717, 1.165) is 17.1 Å². The maximum Gasteiger partial charge on any atom is 0.179 e. The molecular weight excluding hydrogens is 843 g/mol. The highest BCUT2D eigenvalue weighted by atomic mass is 32.1. The van der Waals surface area contributed by atoms with E-state index in [1.165, 1.54) is 85.1 Å². The number of anilines is 3. The van der Waals surface area contributed by atoms with Crippen molar-refractivity contribution < 1.29 is 0 Å². The lowest BCUT2D eigenvalue weighted by Crippen LogP contribution is -2.74. The average Bonchev–Trinajstić information content (AvgIpc) is 3.78. The van der Waals surface area contributed by atoms with Crippen LogP contribution in [0.5, 0.6) is 0 Å². The van der Waals surface area contributed by atoms with Crippen molar-refractivity contribution in [3.05, 3.63) is 273 Å². The Hall–Kier alpha value is -8.08. The second-order valence-electron chi connectivity index (χ2n) is 17.2. The zero-order chi connectivity index (χ0) is 44.6. The molecule has 0 atom stereocenters. The van der Waals surface area contributed by atoms with E-state index in [1.807, 2.05) is 11.3 Å². The number of rotatable bonds is 10. The van der Waals surface area contributed by atoms with Gasteiger partial charge in [0.1, 0.15) is 0 Å². The van der Waals surface area contributed by atoms with Crippen molar-refractivity contribution in [1.29, 1.82) is 0 Å². The van der Waals surface area contributed by atoms with Gasteiger partial charge in [-0.05, 0) is 119 Å². The molecule has 0 aliphatic heterocycles. The van der Waals surface area contributed by atoms with Crippen LogP contribution in [-0.4, -0.2) is 8.07 Å². The van der Waals surface area contributed by atoms with Gasteiger partial charge in [-0.2, -0.15) is 0 Å². The lowest BCUT2D eigenvalue weighted by molar-refractivity contribution is 1.29. The second-order valence-corrected chi connectivity index (χ2v) is 22.1. The van der Waals surface area contributed by atoms with E-state index in [9.17, 15) is 0 Å². The van der Waals surface area contributed by atoms with E-state index in [0.29, 0.717) is 0 Å². The van der Waals surface area contributed by atoms with Gasteiger partial charge in [0, 0.05) is 37.2 Å². The molecule has 0 radical (unpaired) electrons. The summed E-state index contributed by atoms with van der Waals surface area (Å²) in [4.78, 5) is 2.41. The van der Waals surface area contributed by atoms with Gasteiger partial charge in [0.25, 0.3) is 0 Å². The Morgan fingerprint density at radius 1 is 0.269 bits per heavy atom. The fourth-order valence-corrected chi connectivity index (χ4v) is 16.1. The molecule has 12 aromatic rings. The minimum absolute atomic E-state index is 1.10. The monoisotopic (exact) mass is 887 g/mol. The molecule has 0 aliphatic rings. The van der Waals surface area contributed by atoms with E-state index < -0.39 is 8.07 Å². The topological polar surface area (TPSA) is 3.24 Å².